The number of anilines is 1. The van der Waals surface area contributed by atoms with Gasteiger partial charge in [0, 0.05) is 48.0 Å². The Bertz CT molecular complexity index is 545. The van der Waals surface area contributed by atoms with Gasteiger partial charge < -0.3 is 10.2 Å². The van der Waals surface area contributed by atoms with Crippen LogP contribution in [-0.4, -0.2) is 47.1 Å². The molecule has 0 aromatic heterocycles. The number of benzene rings is 1. The number of hydrogen-bond acceptors (Lipinski definition) is 2. The van der Waals surface area contributed by atoms with Gasteiger partial charge in [0.15, 0.2) is 5.11 Å². The smallest absolute Gasteiger partial charge is 0.173 e. The second-order valence-corrected chi connectivity index (χ2v) is 8.02. The molecule has 0 unspecified atom stereocenters. The molecule has 0 bridgehead atoms. The van der Waals surface area contributed by atoms with E-state index in [1.54, 1.807) is 6.07 Å². The lowest BCUT2D eigenvalue weighted by Crippen LogP contribution is -2.52. The van der Waals surface area contributed by atoms with Crippen LogP contribution in [0.5, 0.6) is 0 Å². The highest BCUT2D eigenvalue weighted by molar-refractivity contribution is 7.80. The van der Waals surface area contributed by atoms with E-state index in [-0.39, 0.29) is 0 Å². The topological polar surface area (TPSA) is 18.5 Å². The Morgan fingerprint density at radius 2 is 1.50 bits per heavy atom. The summed E-state index contributed by atoms with van der Waals surface area (Å²) in [5.74, 6) is 0. The van der Waals surface area contributed by atoms with Gasteiger partial charge in [-0.25, -0.2) is 0 Å². The van der Waals surface area contributed by atoms with E-state index in [4.69, 9.17) is 35.4 Å². The zero-order valence-corrected chi connectivity index (χ0v) is 16.3. The zero-order valence-electron chi connectivity index (χ0n) is 13.9. The van der Waals surface area contributed by atoms with Gasteiger partial charge in [-0.05, 0) is 43.3 Å². The highest BCUT2D eigenvalue weighted by atomic mass is 35.5. The molecule has 1 heterocycles. The molecule has 1 saturated carbocycles. The van der Waals surface area contributed by atoms with Crippen molar-refractivity contribution >= 4 is 46.2 Å². The minimum absolute atomic E-state index is 0.617. The maximum absolute atomic E-state index is 6.05. The van der Waals surface area contributed by atoms with Crippen LogP contribution in [-0.2, 0) is 0 Å². The van der Waals surface area contributed by atoms with Crippen molar-refractivity contribution in [2.24, 2.45) is 0 Å². The Kier molecular flexibility index (Phi) is 6.62. The first kappa shape index (κ1) is 18.2. The molecule has 1 aliphatic heterocycles. The van der Waals surface area contributed by atoms with Crippen molar-refractivity contribution in [3.8, 4) is 0 Å². The van der Waals surface area contributed by atoms with Gasteiger partial charge in [0.1, 0.15) is 0 Å². The third-order valence-corrected chi connectivity index (χ3v) is 5.85. The van der Waals surface area contributed by atoms with Crippen LogP contribution in [0.4, 0.5) is 5.69 Å². The second-order valence-electron chi connectivity index (χ2n) is 6.76. The fraction of sp³-hybridized carbons (Fsp3) is 0.611. The Hall–Kier alpha value is -0.550. The number of nitrogens with zero attached hydrogens (tertiary/aromatic N) is 2. The highest BCUT2D eigenvalue weighted by Gasteiger charge is 2.25. The first-order chi connectivity index (χ1) is 11.6. The summed E-state index contributed by atoms with van der Waals surface area (Å²) in [5, 5.41) is 5.26. The van der Waals surface area contributed by atoms with Gasteiger partial charge >= 0.3 is 0 Å². The zero-order chi connectivity index (χ0) is 16.9. The molecule has 0 amide bonds. The molecule has 1 aliphatic carbocycles. The van der Waals surface area contributed by atoms with Crippen LogP contribution in [0, 0.1) is 0 Å². The summed E-state index contributed by atoms with van der Waals surface area (Å²) in [5.41, 5.74) is 0.851. The number of thiocarbonyl (C=S) groups is 1. The first-order valence-electron chi connectivity index (χ1n) is 8.88. The van der Waals surface area contributed by atoms with Crippen molar-refractivity contribution in [3.63, 3.8) is 0 Å². The van der Waals surface area contributed by atoms with Crippen LogP contribution in [0.2, 0.25) is 10.0 Å². The van der Waals surface area contributed by atoms with Crippen LogP contribution in [0.25, 0.3) is 0 Å². The molecule has 132 valence electrons. The molecule has 0 radical (unpaired) electrons. The van der Waals surface area contributed by atoms with Crippen LogP contribution in [0.15, 0.2) is 18.2 Å². The average molecular weight is 386 g/mol. The number of rotatable bonds is 2. The quantitative estimate of drug-likeness (QED) is 0.567. The predicted octanol–water partition coefficient (Wildman–Crippen LogP) is 5.03. The fourth-order valence-electron chi connectivity index (χ4n) is 3.74. The van der Waals surface area contributed by atoms with Crippen LogP contribution in [0.1, 0.15) is 38.5 Å². The van der Waals surface area contributed by atoms with Gasteiger partial charge in [0.05, 0.1) is 0 Å². The van der Waals surface area contributed by atoms with Crippen LogP contribution in [0.3, 0.4) is 0 Å². The summed E-state index contributed by atoms with van der Waals surface area (Å²) >= 11 is 17.7. The summed E-state index contributed by atoms with van der Waals surface area (Å²) in [6.07, 6.45) is 8.33. The lowest BCUT2D eigenvalue weighted by molar-refractivity contribution is 0.122. The second kappa shape index (κ2) is 8.70. The predicted molar refractivity (Wildman–Crippen MR) is 107 cm³/mol. The summed E-state index contributed by atoms with van der Waals surface area (Å²) < 4.78 is 0. The van der Waals surface area contributed by atoms with Gasteiger partial charge in [-0.3, -0.25) is 4.90 Å². The van der Waals surface area contributed by atoms with E-state index in [0.717, 1.165) is 43.0 Å². The number of nitrogens with one attached hydrogen (secondary N) is 1. The van der Waals surface area contributed by atoms with Gasteiger partial charge in [0.25, 0.3) is 0 Å². The molecule has 3 rings (SSSR count). The van der Waals surface area contributed by atoms with E-state index in [1.807, 2.05) is 12.1 Å². The highest BCUT2D eigenvalue weighted by Crippen LogP contribution is 2.24. The van der Waals surface area contributed by atoms with Gasteiger partial charge in [-0.2, -0.15) is 0 Å². The van der Waals surface area contributed by atoms with Crippen LogP contribution < -0.4 is 5.32 Å². The van der Waals surface area contributed by atoms with Crippen LogP contribution >= 0.6 is 35.4 Å². The van der Waals surface area contributed by atoms with Crippen molar-refractivity contribution in [2.75, 3.05) is 31.5 Å². The maximum atomic E-state index is 6.05. The summed E-state index contributed by atoms with van der Waals surface area (Å²) in [6.45, 7) is 4.17. The summed E-state index contributed by atoms with van der Waals surface area (Å²) in [6, 6.07) is 6.20. The maximum Gasteiger partial charge on any atom is 0.173 e. The number of piperazine rings is 1. The van der Waals surface area contributed by atoms with Gasteiger partial charge in [0.2, 0.25) is 0 Å². The molecule has 1 saturated heterocycles. The molecule has 2 aliphatic rings. The van der Waals surface area contributed by atoms with E-state index in [1.165, 1.54) is 38.5 Å². The molecule has 1 aromatic rings. The lowest BCUT2D eigenvalue weighted by atomic mass is 10.1. The largest absolute Gasteiger partial charge is 0.346 e. The lowest BCUT2D eigenvalue weighted by Gasteiger charge is -2.40. The molecule has 24 heavy (non-hydrogen) atoms. The minimum atomic E-state index is 0.617. The Labute approximate surface area is 160 Å². The van der Waals surface area contributed by atoms with Crippen molar-refractivity contribution in [3.05, 3.63) is 28.2 Å². The number of halogens is 2. The molecule has 2 fully saturated rings. The minimum Gasteiger partial charge on any atom is -0.346 e. The number of hydrogen-bond donors (Lipinski definition) is 1. The molecule has 3 nitrogen and oxygen atoms in total. The Morgan fingerprint density at radius 1 is 0.917 bits per heavy atom. The average Bonchev–Trinajstić information content (AvgIpc) is 2.83. The van der Waals surface area contributed by atoms with Crippen molar-refractivity contribution in [1.82, 2.24) is 9.80 Å². The monoisotopic (exact) mass is 385 g/mol. The molecular formula is C18H25Cl2N3S. The molecule has 0 atom stereocenters. The Balaban J connectivity index is 1.51. The molecular weight excluding hydrogens is 361 g/mol. The van der Waals surface area contributed by atoms with E-state index >= 15 is 0 Å². The standard InChI is InChI=1S/C18H25Cl2N3S/c19-14-11-15(20)13-16(12-14)21-18(24)23-9-7-22(8-10-23)17-5-3-1-2-4-6-17/h11-13,17H,1-10H2,(H,21,24). The van der Waals surface area contributed by atoms with E-state index in [2.05, 4.69) is 15.1 Å². The van der Waals surface area contributed by atoms with Gasteiger partial charge in [-0.1, -0.05) is 48.9 Å². The SMILES string of the molecule is S=C(Nc1cc(Cl)cc(Cl)c1)N1CCN(C2CCCCCC2)CC1. The van der Waals surface area contributed by atoms with E-state index in [0.29, 0.717) is 10.0 Å². The third-order valence-electron chi connectivity index (χ3n) is 5.06. The van der Waals surface area contributed by atoms with Crippen molar-refractivity contribution in [2.45, 2.75) is 44.6 Å². The third kappa shape index (κ3) is 4.98. The summed E-state index contributed by atoms with van der Waals surface area (Å²) in [7, 11) is 0. The molecule has 6 heteroatoms. The van der Waals surface area contributed by atoms with Crippen molar-refractivity contribution in [1.29, 1.82) is 0 Å². The van der Waals surface area contributed by atoms with E-state index < -0.39 is 0 Å². The molecule has 1 aromatic carbocycles. The first-order valence-corrected chi connectivity index (χ1v) is 10.0. The summed E-state index contributed by atoms with van der Waals surface area (Å²) in [4.78, 5) is 4.91. The van der Waals surface area contributed by atoms with E-state index in [9.17, 15) is 0 Å². The molecule has 1 N–H and O–H groups in total. The molecule has 0 spiro atoms. The Morgan fingerprint density at radius 3 is 2.08 bits per heavy atom. The van der Waals surface area contributed by atoms with Gasteiger partial charge in [-0.15, -0.1) is 0 Å². The van der Waals surface area contributed by atoms with Crippen molar-refractivity contribution < 1.29 is 0 Å². The normalized spacial score (nSPS) is 20.7. The fourth-order valence-corrected chi connectivity index (χ4v) is 4.57.